The zero-order valence-corrected chi connectivity index (χ0v) is 14.6. The van der Waals surface area contributed by atoms with Crippen LogP contribution in [0.1, 0.15) is 12.8 Å². The third-order valence-electron chi connectivity index (χ3n) is 4.06. The van der Waals surface area contributed by atoms with Crippen LogP contribution < -0.4 is 14.8 Å². The van der Waals surface area contributed by atoms with Crippen molar-refractivity contribution in [2.24, 2.45) is 0 Å². The van der Waals surface area contributed by atoms with Crippen molar-refractivity contribution in [2.45, 2.75) is 18.9 Å². The number of carbonyl (C=O) groups excluding carboxylic acids is 1. The van der Waals surface area contributed by atoms with E-state index in [-0.39, 0.29) is 18.4 Å². The number of hydrogen-bond acceptors (Lipinski definition) is 6. The number of amides is 1. The Morgan fingerprint density at radius 1 is 1.38 bits per heavy atom. The first-order valence-electron chi connectivity index (χ1n) is 7.96. The molecule has 0 atom stereocenters. The van der Waals surface area contributed by atoms with Crippen LogP contribution in [0.5, 0.6) is 11.6 Å². The predicted molar refractivity (Wildman–Crippen MR) is 96.9 cm³/mol. The summed E-state index contributed by atoms with van der Waals surface area (Å²) in [6.45, 7) is 0. The van der Waals surface area contributed by atoms with Crippen LogP contribution in [-0.4, -0.2) is 33.6 Å². The summed E-state index contributed by atoms with van der Waals surface area (Å²) in [5.74, 6) is 1.36. The van der Waals surface area contributed by atoms with Gasteiger partial charge in [0.2, 0.25) is 12.3 Å². The standard InChI is InChI=1S/C17H15FN4O3S/c1-24-17-15(13(6-7-19-17)25-10-2-3-10)12-8-22(26-18)16-11(12)4-5-14(21-16)20-9-23/h4-10H,2-3H2,1H3,(H,20,21,23). The van der Waals surface area contributed by atoms with Gasteiger partial charge in [-0.15, -0.1) is 3.89 Å². The summed E-state index contributed by atoms with van der Waals surface area (Å²) in [6, 6.07) is 5.19. The minimum Gasteiger partial charge on any atom is -0.490 e. The Kier molecular flexibility index (Phi) is 4.37. The number of nitrogens with zero attached hydrogens (tertiary/aromatic N) is 3. The summed E-state index contributed by atoms with van der Waals surface area (Å²) in [4.78, 5) is 19.2. The van der Waals surface area contributed by atoms with Crippen molar-refractivity contribution in [3.05, 3.63) is 30.6 Å². The normalized spacial score (nSPS) is 13.6. The number of hydrogen-bond donors (Lipinski definition) is 1. The minimum atomic E-state index is 0.0222. The summed E-state index contributed by atoms with van der Waals surface area (Å²) in [6.07, 6.45) is 5.96. The lowest BCUT2D eigenvalue weighted by atomic mass is 10.1. The first kappa shape index (κ1) is 16.6. The van der Waals surface area contributed by atoms with Crippen LogP contribution in [0.3, 0.4) is 0 Å². The van der Waals surface area contributed by atoms with Gasteiger partial charge in [-0.1, -0.05) is 0 Å². The molecule has 7 nitrogen and oxygen atoms in total. The number of halogens is 1. The third-order valence-corrected chi connectivity index (χ3v) is 4.49. The minimum absolute atomic E-state index is 0.0222. The molecule has 1 aliphatic rings. The number of methoxy groups -OCH3 is 1. The zero-order valence-electron chi connectivity index (χ0n) is 13.8. The van der Waals surface area contributed by atoms with Gasteiger partial charge in [-0.05, 0) is 31.0 Å². The molecule has 0 radical (unpaired) electrons. The van der Waals surface area contributed by atoms with Crippen LogP contribution in [-0.2, 0) is 4.79 Å². The van der Waals surface area contributed by atoms with E-state index in [9.17, 15) is 8.68 Å². The van der Waals surface area contributed by atoms with Gasteiger partial charge in [0.1, 0.15) is 11.6 Å². The van der Waals surface area contributed by atoms with Gasteiger partial charge in [-0.2, -0.15) is 0 Å². The average molecular weight is 374 g/mol. The topological polar surface area (TPSA) is 78.3 Å². The van der Waals surface area contributed by atoms with Gasteiger partial charge in [-0.3, -0.25) is 4.79 Å². The van der Waals surface area contributed by atoms with Crippen LogP contribution in [0.25, 0.3) is 22.2 Å². The fourth-order valence-corrected chi connectivity index (χ4v) is 3.11. The van der Waals surface area contributed by atoms with Crippen molar-refractivity contribution >= 4 is 35.6 Å². The van der Waals surface area contributed by atoms with Gasteiger partial charge in [-0.25, -0.2) is 13.9 Å². The molecule has 26 heavy (non-hydrogen) atoms. The number of aromatic nitrogens is 3. The number of fused-ring (bicyclic) bond motifs is 1. The molecule has 3 aromatic rings. The Morgan fingerprint density at radius 2 is 2.23 bits per heavy atom. The molecule has 0 bridgehead atoms. The Labute approximate surface area is 153 Å². The number of pyridine rings is 2. The van der Waals surface area contributed by atoms with E-state index in [1.807, 2.05) is 0 Å². The monoisotopic (exact) mass is 374 g/mol. The third kappa shape index (κ3) is 2.94. The van der Waals surface area contributed by atoms with Crippen LogP contribution in [0.15, 0.2) is 30.6 Å². The van der Waals surface area contributed by atoms with Gasteiger partial charge in [0.25, 0.3) is 0 Å². The maximum Gasteiger partial charge on any atom is 0.224 e. The smallest absolute Gasteiger partial charge is 0.224 e. The molecule has 3 aromatic heterocycles. The summed E-state index contributed by atoms with van der Waals surface area (Å²) in [7, 11) is 1.53. The molecular formula is C17H15FN4O3S. The lowest BCUT2D eigenvalue weighted by Crippen LogP contribution is -2.00. The Balaban J connectivity index is 1.92. The summed E-state index contributed by atoms with van der Waals surface area (Å²) >= 11 is 0.0222. The fourth-order valence-electron chi connectivity index (χ4n) is 2.76. The molecule has 0 spiro atoms. The maximum atomic E-state index is 13.5. The lowest BCUT2D eigenvalue weighted by Gasteiger charge is -2.13. The van der Waals surface area contributed by atoms with Gasteiger partial charge in [0.15, 0.2) is 18.0 Å². The van der Waals surface area contributed by atoms with E-state index in [1.165, 1.54) is 11.1 Å². The lowest BCUT2D eigenvalue weighted by molar-refractivity contribution is -0.105. The quantitative estimate of drug-likeness (QED) is 0.637. The van der Waals surface area contributed by atoms with Crippen LogP contribution in [0, 0.1) is 0 Å². The molecule has 9 heteroatoms. The molecule has 134 valence electrons. The van der Waals surface area contributed by atoms with Crippen molar-refractivity contribution in [1.29, 1.82) is 0 Å². The van der Waals surface area contributed by atoms with E-state index in [0.717, 1.165) is 12.8 Å². The summed E-state index contributed by atoms with van der Waals surface area (Å²) < 4.78 is 26.2. The van der Waals surface area contributed by atoms with E-state index in [0.29, 0.717) is 46.0 Å². The second kappa shape index (κ2) is 6.83. The highest BCUT2D eigenvalue weighted by molar-refractivity contribution is 7.92. The number of ether oxygens (including phenoxy) is 2. The molecule has 3 heterocycles. The van der Waals surface area contributed by atoms with Crippen LogP contribution in [0.4, 0.5) is 9.70 Å². The molecule has 1 amide bonds. The molecule has 0 unspecified atom stereocenters. The van der Waals surface area contributed by atoms with E-state index < -0.39 is 0 Å². The molecule has 0 saturated heterocycles. The van der Waals surface area contributed by atoms with Crippen LogP contribution in [0.2, 0.25) is 0 Å². The number of anilines is 1. The highest BCUT2D eigenvalue weighted by atomic mass is 32.2. The highest BCUT2D eigenvalue weighted by Gasteiger charge is 2.27. The van der Waals surface area contributed by atoms with Gasteiger partial charge < -0.3 is 14.8 Å². The Bertz CT molecular complexity index is 974. The van der Waals surface area contributed by atoms with Crippen LogP contribution >= 0.6 is 12.3 Å². The number of carbonyl (C=O) groups is 1. The molecule has 1 fully saturated rings. The molecule has 1 aliphatic carbocycles. The Hall–Kier alpha value is -2.81. The first-order chi connectivity index (χ1) is 12.7. The van der Waals surface area contributed by atoms with E-state index in [2.05, 4.69) is 15.3 Å². The molecule has 0 aliphatic heterocycles. The second-order valence-electron chi connectivity index (χ2n) is 5.78. The van der Waals surface area contributed by atoms with E-state index in [1.54, 1.807) is 30.6 Å². The largest absolute Gasteiger partial charge is 0.490 e. The molecule has 0 aromatic carbocycles. The van der Waals surface area contributed by atoms with E-state index in [4.69, 9.17) is 9.47 Å². The fraction of sp³-hybridized carbons (Fsp3) is 0.235. The molecular weight excluding hydrogens is 359 g/mol. The van der Waals surface area contributed by atoms with Gasteiger partial charge in [0, 0.05) is 23.3 Å². The van der Waals surface area contributed by atoms with Crippen molar-refractivity contribution in [1.82, 2.24) is 13.9 Å². The van der Waals surface area contributed by atoms with Crippen molar-refractivity contribution in [3.63, 3.8) is 0 Å². The van der Waals surface area contributed by atoms with Crippen molar-refractivity contribution in [2.75, 3.05) is 12.4 Å². The summed E-state index contributed by atoms with van der Waals surface area (Å²) in [5, 5.41) is 3.16. The predicted octanol–water partition coefficient (Wildman–Crippen LogP) is 3.60. The molecule has 1 saturated carbocycles. The summed E-state index contributed by atoms with van der Waals surface area (Å²) in [5.41, 5.74) is 1.72. The number of rotatable bonds is 7. The Morgan fingerprint density at radius 3 is 2.92 bits per heavy atom. The zero-order chi connectivity index (χ0) is 18.1. The van der Waals surface area contributed by atoms with Gasteiger partial charge in [0.05, 0.1) is 18.8 Å². The maximum absolute atomic E-state index is 13.5. The highest BCUT2D eigenvalue weighted by Crippen LogP contribution is 2.43. The van der Waals surface area contributed by atoms with Crippen molar-refractivity contribution in [3.8, 4) is 22.8 Å². The second-order valence-corrected chi connectivity index (χ2v) is 6.31. The molecule has 4 rings (SSSR count). The first-order valence-corrected chi connectivity index (χ1v) is 8.64. The SMILES string of the molecule is COc1nccc(OC2CC2)c1-c1cn(SF)c2nc(NC=O)ccc12. The number of nitrogens with one attached hydrogen (secondary N) is 1. The van der Waals surface area contributed by atoms with Crippen molar-refractivity contribution < 1.29 is 18.2 Å². The van der Waals surface area contributed by atoms with E-state index >= 15 is 0 Å². The average Bonchev–Trinajstić information content (AvgIpc) is 3.40. The molecule has 1 N–H and O–H groups in total. The van der Waals surface area contributed by atoms with Gasteiger partial charge >= 0.3 is 0 Å².